The maximum atomic E-state index is 9.49. The Balaban J connectivity index is 2.38. The van der Waals surface area contributed by atoms with E-state index in [0.717, 1.165) is 24.5 Å². The van der Waals surface area contributed by atoms with Crippen LogP contribution in [0.5, 0.6) is 0 Å². The molecule has 0 aromatic rings. The quantitative estimate of drug-likeness (QED) is 0.644. The fraction of sp³-hybridized carbons (Fsp3) is 0.923. The Morgan fingerprint density at radius 1 is 1.53 bits per heavy atom. The van der Waals surface area contributed by atoms with Crippen molar-refractivity contribution in [3.63, 3.8) is 0 Å². The van der Waals surface area contributed by atoms with Crippen LogP contribution < -0.4 is 5.32 Å². The number of rotatable bonds is 9. The molecule has 0 bridgehead atoms. The fourth-order valence-electron chi connectivity index (χ4n) is 2.06. The van der Waals surface area contributed by atoms with Gasteiger partial charge in [0.2, 0.25) is 0 Å². The molecule has 1 fully saturated rings. The molecular formula is C13H24N2OS. The van der Waals surface area contributed by atoms with Gasteiger partial charge in [0.1, 0.15) is 5.54 Å². The van der Waals surface area contributed by atoms with Gasteiger partial charge in [-0.2, -0.15) is 17.0 Å². The summed E-state index contributed by atoms with van der Waals surface area (Å²) in [6, 6.07) is 2.91. The highest BCUT2D eigenvalue weighted by Crippen LogP contribution is 2.41. The molecule has 4 heteroatoms. The average Bonchev–Trinajstić information content (AvgIpc) is 3.11. The molecule has 17 heavy (non-hydrogen) atoms. The number of ether oxygens (including phenoxy) is 1. The van der Waals surface area contributed by atoms with Gasteiger partial charge in [0, 0.05) is 25.5 Å². The lowest BCUT2D eigenvalue weighted by molar-refractivity contribution is 0.200. The predicted molar refractivity (Wildman–Crippen MR) is 73.2 cm³/mol. The molecule has 0 spiro atoms. The molecule has 3 nitrogen and oxygen atoms in total. The molecule has 1 saturated carbocycles. The van der Waals surface area contributed by atoms with Gasteiger partial charge >= 0.3 is 0 Å². The molecule has 98 valence electrons. The molecular weight excluding hydrogens is 232 g/mol. The summed E-state index contributed by atoms with van der Waals surface area (Å²) in [4.78, 5) is 0. The highest BCUT2D eigenvalue weighted by atomic mass is 32.2. The maximum Gasteiger partial charge on any atom is 0.118 e. The van der Waals surface area contributed by atoms with Crippen LogP contribution in [0.25, 0.3) is 0 Å². The van der Waals surface area contributed by atoms with Crippen molar-refractivity contribution < 1.29 is 4.74 Å². The fourth-order valence-corrected chi connectivity index (χ4v) is 3.23. The summed E-state index contributed by atoms with van der Waals surface area (Å²) in [7, 11) is 1.73. The first kappa shape index (κ1) is 14.8. The smallest absolute Gasteiger partial charge is 0.118 e. The third kappa shape index (κ3) is 4.87. The first-order chi connectivity index (χ1) is 8.14. The molecule has 1 rings (SSSR count). The maximum absolute atomic E-state index is 9.49. The number of nitrogens with zero attached hydrogens (tertiary/aromatic N) is 1. The summed E-state index contributed by atoms with van der Waals surface area (Å²) in [5.74, 6) is 2.53. The van der Waals surface area contributed by atoms with Crippen molar-refractivity contribution in [2.45, 2.75) is 44.7 Å². The Morgan fingerprint density at radius 2 is 2.24 bits per heavy atom. The Kier molecular flexibility index (Phi) is 6.32. The summed E-state index contributed by atoms with van der Waals surface area (Å²) in [6.07, 6.45) is 3.47. The van der Waals surface area contributed by atoms with Crippen molar-refractivity contribution in [2.75, 3.05) is 25.2 Å². The Hall–Kier alpha value is -0.240. The predicted octanol–water partition coefficient (Wildman–Crippen LogP) is 2.43. The molecule has 1 aliphatic rings. The van der Waals surface area contributed by atoms with E-state index < -0.39 is 0 Å². The summed E-state index contributed by atoms with van der Waals surface area (Å²) in [6.45, 7) is 5.04. The average molecular weight is 256 g/mol. The van der Waals surface area contributed by atoms with Crippen LogP contribution in [-0.4, -0.2) is 36.8 Å². The van der Waals surface area contributed by atoms with E-state index in [4.69, 9.17) is 4.74 Å². The van der Waals surface area contributed by atoms with Gasteiger partial charge in [0.15, 0.2) is 0 Å². The van der Waals surface area contributed by atoms with Crippen LogP contribution in [0.4, 0.5) is 0 Å². The molecule has 0 aliphatic heterocycles. The van der Waals surface area contributed by atoms with E-state index in [9.17, 15) is 5.26 Å². The lowest BCUT2D eigenvalue weighted by Gasteiger charge is -2.30. The Morgan fingerprint density at radius 3 is 2.71 bits per heavy atom. The summed E-state index contributed by atoms with van der Waals surface area (Å²) in [5.41, 5.74) is -0.300. The highest BCUT2D eigenvalue weighted by Gasteiger charge is 2.45. The van der Waals surface area contributed by atoms with Crippen LogP contribution in [0.2, 0.25) is 0 Å². The van der Waals surface area contributed by atoms with E-state index in [1.165, 1.54) is 12.8 Å². The second kappa shape index (κ2) is 7.25. The third-order valence-corrected chi connectivity index (χ3v) is 4.22. The molecule has 0 saturated heterocycles. The molecule has 0 heterocycles. The van der Waals surface area contributed by atoms with Crippen LogP contribution in [0.15, 0.2) is 0 Å². The number of thioether (sulfide) groups is 1. The zero-order valence-electron chi connectivity index (χ0n) is 11.2. The second-order valence-electron chi connectivity index (χ2n) is 5.06. The van der Waals surface area contributed by atoms with Crippen LogP contribution in [0, 0.1) is 17.2 Å². The topological polar surface area (TPSA) is 45.0 Å². The minimum atomic E-state index is -0.300. The van der Waals surface area contributed by atoms with Crippen LogP contribution in [-0.2, 0) is 4.74 Å². The van der Waals surface area contributed by atoms with Gasteiger partial charge in [0.05, 0.1) is 6.07 Å². The largest absolute Gasteiger partial charge is 0.385 e. The van der Waals surface area contributed by atoms with E-state index in [0.29, 0.717) is 12.0 Å². The normalized spacial score (nSPS) is 19.0. The standard InChI is InChI=1S/C13H24N2OS/c1-11(2)15-13(9-14,12-5-6-12)10-17-8-4-7-16-3/h11-12,15H,4-8,10H2,1-3H3. The molecule has 1 atom stereocenters. The van der Waals surface area contributed by atoms with Gasteiger partial charge in [-0.05, 0) is 44.8 Å². The van der Waals surface area contributed by atoms with Crippen molar-refractivity contribution in [3.05, 3.63) is 0 Å². The van der Waals surface area contributed by atoms with Crippen molar-refractivity contribution in [3.8, 4) is 6.07 Å². The highest BCUT2D eigenvalue weighted by molar-refractivity contribution is 7.99. The molecule has 0 amide bonds. The molecule has 0 aromatic carbocycles. The van der Waals surface area contributed by atoms with Gasteiger partial charge in [-0.1, -0.05) is 0 Å². The van der Waals surface area contributed by atoms with Crippen molar-refractivity contribution in [2.24, 2.45) is 5.92 Å². The van der Waals surface area contributed by atoms with Crippen LogP contribution >= 0.6 is 11.8 Å². The molecule has 0 radical (unpaired) electrons. The molecule has 0 aromatic heterocycles. The van der Waals surface area contributed by atoms with Gasteiger partial charge in [0.25, 0.3) is 0 Å². The first-order valence-corrected chi connectivity index (χ1v) is 7.55. The van der Waals surface area contributed by atoms with E-state index in [-0.39, 0.29) is 5.54 Å². The van der Waals surface area contributed by atoms with Gasteiger partial charge < -0.3 is 4.74 Å². The number of hydrogen-bond donors (Lipinski definition) is 1. The van der Waals surface area contributed by atoms with Crippen molar-refractivity contribution >= 4 is 11.8 Å². The SMILES string of the molecule is COCCCSCC(C#N)(NC(C)C)C1CC1. The van der Waals surface area contributed by atoms with E-state index in [2.05, 4.69) is 25.2 Å². The van der Waals surface area contributed by atoms with E-state index >= 15 is 0 Å². The van der Waals surface area contributed by atoms with Crippen molar-refractivity contribution in [1.82, 2.24) is 5.32 Å². The Bertz CT molecular complexity index is 261. The van der Waals surface area contributed by atoms with Crippen molar-refractivity contribution in [1.29, 1.82) is 5.26 Å². The minimum absolute atomic E-state index is 0.300. The van der Waals surface area contributed by atoms with E-state index in [1.807, 2.05) is 11.8 Å². The number of nitrogens with one attached hydrogen (secondary N) is 1. The molecule has 1 N–H and O–H groups in total. The van der Waals surface area contributed by atoms with Gasteiger partial charge in [-0.15, -0.1) is 0 Å². The Labute approximate surface area is 109 Å². The monoisotopic (exact) mass is 256 g/mol. The lowest BCUT2D eigenvalue weighted by Crippen LogP contribution is -2.51. The zero-order chi connectivity index (χ0) is 12.7. The van der Waals surface area contributed by atoms with Crippen LogP contribution in [0.3, 0.4) is 0 Å². The zero-order valence-corrected chi connectivity index (χ0v) is 12.0. The second-order valence-corrected chi connectivity index (χ2v) is 6.16. The number of methoxy groups -OCH3 is 1. The summed E-state index contributed by atoms with van der Waals surface area (Å²) < 4.78 is 5.03. The first-order valence-electron chi connectivity index (χ1n) is 6.40. The van der Waals surface area contributed by atoms with Gasteiger partial charge in [-0.3, -0.25) is 5.32 Å². The lowest BCUT2D eigenvalue weighted by atomic mass is 9.96. The third-order valence-electron chi connectivity index (χ3n) is 2.99. The van der Waals surface area contributed by atoms with Crippen LogP contribution in [0.1, 0.15) is 33.1 Å². The number of hydrogen-bond acceptors (Lipinski definition) is 4. The molecule has 1 unspecified atom stereocenters. The van der Waals surface area contributed by atoms with E-state index in [1.54, 1.807) is 7.11 Å². The van der Waals surface area contributed by atoms with Gasteiger partial charge in [-0.25, -0.2) is 0 Å². The summed E-state index contributed by atoms with van der Waals surface area (Å²) >= 11 is 1.87. The minimum Gasteiger partial charge on any atom is -0.385 e. The summed E-state index contributed by atoms with van der Waals surface area (Å²) in [5, 5.41) is 13.0. The molecule has 1 aliphatic carbocycles. The number of nitriles is 1.